The van der Waals surface area contributed by atoms with Gasteiger partial charge < -0.3 is 10.2 Å². The molecule has 1 heterocycles. The van der Waals surface area contributed by atoms with Crippen LogP contribution in [0.5, 0.6) is 0 Å². The second-order valence-electron chi connectivity index (χ2n) is 4.45. The zero-order chi connectivity index (χ0) is 11.0. The van der Waals surface area contributed by atoms with Crippen LogP contribution in [0.4, 0.5) is 5.69 Å². The highest BCUT2D eigenvalue weighted by Gasteiger charge is 2.38. The SMILES string of the molecule is Cl.O=C1ONC2(CCCC2)Nc2ccccc21. The molecule has 3 rings (SSSR count). The molecule has 1 aliphatic carbocycles. The fraction of sp³-hybridized carbons (Fsp3) is 0.417. The van der Waals surface area contributed by atoms with Gasteiger partial charge in [0.25, 0.3) is 0 Å². The average molecular weight is 255 g/mol. The van der Waals surface area contributed by atoms with E-state index in [1.807, 2.05) is 18.2 Å². The molecule has 1 aromatic rings. The molecule has 0 saturated heterocycles. The Kier molecular flexibility index (Phi) is 3.26. The molecule has 0 unspecified atom stereocenters. The Hall–Kier alpha value is -1.26. The van der Waals surface area contributed by atoms with E-state index in [2.05, 4.69) is 10.8 Å². The molecular formula is C12H15ClN2O2. The fourth-order valence-electron chi connectivity index (χ4n) is 2.46. The van der Waals surface area contributed by atoms with Crippen molar-refractivity contribution in [3.05, 3.63) is 29.8 Å². The van der Waals surface area contributed by atoms with Gasteiger partial charge in [-0.05, 0) is 37.8 Å². The van der Waals surface area contributed by atoms with Gasteiger partial charge in [0, 0.05) is 0 Å². The number of carbonyl (C=O) groups excluding carboxylic acids is 1. The van der Waals surface area contributed by atoms with Crippen molar-refractivity contribution in [3.8, 4) is 0 Å². The summed E-state index contributed by atoms with van der Waals surface area (Å²) in [5.41, 5.74) is 4.09. The summed E-state index contributed by atoms with van der Waals surface area (Å²) < 4.78 is 0. The zero-order valence-corrected chi connectivity index (χ0v) is 10.2. The Morgan fingerprint density at radius 1 is 1.18 bits per heavy atom. The van der Waals surface area contributed by atoms with Gasteiger partial charge in [0.05, 0.1) is 11.3 Å². The Morgan fingerprint density at radius 2 is 1.88 bits per heavy atom. The quantitative estimate of drug-likeness (QED) is 0.747. The van der Waals surface area contributed by atoms with Gasteiger partial charge in [-0.25, -0.2) is 4.79 Å². The van der Waals surface area contributed by atoms with Crippen molar-refractivity contribution in [2.24, 2.45) is 0 Å². The van der Waals surface area contributed by atoms with Crippen molar-refractivity contribution in [3.63, 3.8) is 0 Å². The van der Waals surface area contributed by atoms with Crippen LogP contribution >= 0.6 is 12.4 Å². The highest BCUT2D eigenvalue weighted by atomic mass is 35.5. The van der Waals surface area contributed by atoms with Gasteiger partial charge in [0.15, 0.2) is 0 Å². The van der Waals surface area contributed by atoms with Crippen molar-refractivity contribution in [2.75, 3.05) is 5.32 Å². The van der Waals surface area contributed by atoms with Crippen molar-refractivity contribution in [1.29, 1.82) is 0 Å². The summed E-state index contributed by atoms with van der Waals surface area (Å²) in [6.07, 6.45) is 4.27. The minimum atomic E-state index is -0.313. The van der Waals surface area contributed by atoms with E-state index in [1.165, 1.54) is 0 Å². The predicted octanol–water partition coefficient (Wildman–Crippen LogP) is 2.47. The summed E-state index contributed by atoms with van der Waals surface area (Å²) in [4.78, 5) is 16.8. The minimum absolute atomic E-state index is 0. The van der Waals surface area contributed by atoms with Crippen LogP contribution in [0.25, 0.3) is 0 Å². The number of halogens is 1. The molecule has 0 bridgehead atoms. The monoisotopic (exact) mass is 254 g/mol. The van der Waals surface area contributed by atoms with Crippen molar-refractivity contribution >= 4 is 24.1 Å². The number of anilines is 1. The summed E-state index contributed by atoms with van der Waals surface area (Å²) in [6.45, 7) is 0. The second-order valence-corrected chi connectivity index (χ2v) is 4.45. The number of nitrogens with one attached hydrogen (secondary N) is 2. The zero-order valence-electron chi connectivity index (χ0n) is 9.36. The third-order valence-corrected chi connectivity index (χ3v) is 3.32. The molecule has 1 aromatic carbocycles. The molecule has 17 heavy (non-hydrogen) atoms. The fourth-order valence-corrected chi connectivity index (χ4v) is 2.46. The molecule has 5 heteroatoms. The third-order valence-electron chi connectivity index (χ3n) is 3.32. The van der Waals surface area contributed by atoms with Crippen molar-refractivity contribution < 1.29 is 9.63 Å². The maximum absolute atomic E-state index is 11.7. The predicted molar refractivity (Wildman–Crippen MR) is 67.1 cm³/mol. The van der Waals surface area contributed by atoms with Gasteiger partial charge in [0.2, 0.25) is 0 Å². The van der Waals surface area contributed by atoms with Crippen LogP contribution in [0.1, 0.15) is 36.0 Å². The molecular weight excluding hydrogens is 240 g/mol. The Bertz CT molecular complexity index is 430. The first-order chi connectivity index (χ1) is 7.79. The molecule has 92 valence electrons. The number of hydrogen-bond donors (Lipinski definition) is 2. The molecule has 0 radical (unpaired) electrons. The lowest BCUT2D eigenvalue weighted by atomic mass is 10.1. The summed E-state index contributed by atoms with van der Waals surface area (Å²) >= 11 is 0. The highest BCUT2D eigenvalue weighted by Crippen LogP contribution is 2.34. The van der Waals surface area contributed by atoms with E-state index in [-0.39, 0.29) is 24.0 Å². The number of fused-ring (bicyclic) bond motifs is 1. The lowest BCUT2D eigenvalue weighted by molar-refractivity contribution is 0.00366. The maximum Gasteiger partial charge on any atom is 0.359 e. The van der Waals surface area contributed by atoms with Crippen LogP contribution < -0.4 is 10.8 Å². The summed E-state index contributed by atoms with van der Waals surface area (Å²) in [7, 11) is 0. The smallest absolute Gasteiger partial charge is 0.359 e. The van der Waals surface area contributed by atoms with Gasteiger partial charge in [-0.3, -0.25) is 0 Å². The molecule has 1 saturated carbocycles. The Morgan fingerprint density at radius 3 is 2.65 bits per heavy atom. The van der Waals surface area contributed by atoms with Crippen LogP contribution in [-0.2, 0) is 4.84 Å². The normalized spacial score (nSPS) is 20.8. The van der Waals surface area contributed by atoms with E-state index in [9.17, 15) is 4.79 Å². The van der Waals surface area contributed by atoms with E-state index in [0.29, 0.717) is 5.56 Å². The molecule has 1 fully saturated rings. The van der Waals surface area contributed by atoms with Gasteiger partial charge in [0.1, 0.15) is 5.66 Å². The number of hydrogen-bond acceptors (Lipinski definition) is 4. The first-order valence-corrected chi connectivity index (χ1v) is 5.65. The highest BCUT2D eigenvalue weighted by molar-refractivity contribution is 5.96. The Balaban J connectivity index is 0.00000108. The lowest BCUT2D eigenvalue weighted by Gasteiger charge is -2.28. The van der Waals surface area contributed by atoms with Crippen LogP contribution in [-0.4, -0.2) is 11.6 Å². The summed E-state index contributed by atoms with van der Waals surface area (Å²) in [6, 6.07) is 7.46. The van der Waals surface area contributed by atoms with Gasteiger partial charge >= 0.3 is 5.97 Å². The van der Waals surface area contributed by atoms with Gasteiger partial charge in [-0.1, -0.05) is 12.1 Å². The number of hydroxylamine groups is 1. The maximum atomic E-state index is 11.7. The molecule has 2 N–H and O–H groups in total. The second kappa shape index (κ2) is 4.55. The molecule has 0 atom stereocenters. The topological polar surface area (TPSA) is 50.4 Å². The molecule has 4 nitrogen and oxygen atoms in total. The number of carbonyl (C=O) groups is 1. The average Bonchev–Trinajstić information content (AvgIpc) is 2.70. The van der Waals surface area contributed by atoms with E-state index in [1.54, 1.807) is 6.07 Å². The molecule has 2 aliphatic rings. The van der Waals surface area contributed by atoms with Crippen LogP contribution in [0, 0.1) is 0 Å². The van der Waals surface area contributed by atoms with Gasteiger partial charge in [-0.15, -0.1) is 17.9 Å². The van der Waals surface area contributed by atoms with Crippen molar-refractivity contribution in [2.45, 2.75) is 31.3 Å². The van der Waals surface area contributed by atoms with E-state index in [4.69, 9.17) is 4.84 Å². The largest absolute Gasteiger partial charge is 0.364 e. The summed E-state index contributed by atoms with van der Waals surface area (Å²) in [5, 5.41) is 3.41. The number of rotatable bonds is 0. The first-order valence-electron chi connectivity index (χ1n) is 5.65. The minimum Gasteiger partial charge on any atom is -0.364 e. The van der Waals surface area contributed by atoms with Crippen LogP contribution in [0.3, 0.4) is 0 Å². The molecule has 1 aliphatic heterocycles. The lowest BCUT2D eigenvalue weighted by Crippen LogP contribution is -2.48. The van der Waals surface area contributed by atoms with Crippen molar-refractivity contribution in [1.82, 2.24) is 5.48 Å². The van der Waals surface area contributed by atoms with Gasteiger partial charge in [-0.2, -0.15) is 0 Å². The standard InChI is InChI=1S/C12H14N2O2.ClH/c15-11-9-5-1-2-6-10(9)13-12(14-16-11)7-3-4-8-12;/h1-2,5-6,13-14H,3-4,7-8H2;1H. The first kappa shape index (κ1) is 12.2. The third kappa shape index (κ3) is 2.10. The van der Waals surface area contributed by atoms with Crippen LogP contribution in [0.2, 0.25) is 0 Å². The summed E-state index contributed by atoms with van der Waals surface area (Å²) in [5.74, 6) is -0.313. The molecule has 0 aromatic heterocycles. The van der Waals surface area contributed by atoms with E-state index >= 15 is 0 Å². The number of para-hydroxylation sites is 1. The molecule has 0 amide bonds. The number of benzene rings is 1. The van der Waals surface area contributed by atoms with Crippen LogP contribution in [0.15, 0.2) is 24.3 Å². The molecule has 1 spiro atoms. The Labute approximate surface area is 106 Å². The van der Waals surface area contributed by atoms with E-state index < -0.39 is 0 Å². The van der Waals surface area contributed by atoms with E-state index in [0.717, 1.165) is 31.4 Å².